The Labute approximate surface area is 126 Å². The topological polar surface area (TPSA) is 58.8 Å². The quantitative estimate of drug-likeness (QED) is 0.843. The highest BCUT2D eigenvalue weighted by molar-refractivity contribution is 6.00. The van der Waals surface area contributed by atoms with Gasteiger partial charge in [0, 0.05) is 45.2 Å². The predicted molar refractivity (Wildman–Crippen MR) is 85.7 cm³/mol. The molecule has 0 spiro atoms. The summed E-state index contributed by atoms with van der Waals surface area (Å²) in [5, 5.41) is 0. The van der Waals surface area contributed by atoms with E-state index in [9.17, 15) is 4.79 Å². The van der Waals surface area contributed by atoms with Crippen molar-refractivity contribution in [3.63, 3.8) is 0 Å². The number of nitrogens with zero attached hydrogens (tertiary/aromatic N) is 2. The molecule has 1 heterocycles. The van der Waals surface area contributed by atoms with Crippen LogP contribution >= 0.6 is 0 Å². The number of hydrogen-bond donors (Lipinski definition) is 1. The number of carbonyl (C=O) groups excluding carboxylic acids is 1. The van der Waals surface area contributed by atoms with Gasteiger partial charge < -0.3 is 20.3 Å². The Hall–Kier alpha value is -1.75. The molecule has 1 unspecified atom stereocenters. The van der Waals surface area contributed by atoms with Gasteiger partial charge in [-0.25, -0.2) is 0 Å². The zero-order valence-electron chi connectivity index (χ0n) is 13.1. The van der Waals surface area contributed by atoms with Crippen LogP contribution in [0.5, 0.6) is 0 Å². The van der Waals surface area contributed by atoms with E-state index in [1.165, 1.54) is 0 Å². The third-order valence-corrected chi connectivity index (χ3v) is 3.85. The van der Waals surface area contributed by atoms with Gasteiger partial charge in [0.25, 0.3) is 5.91 Å². The van der Waals surface area contributed by atoms with Crippen LogP contribution in [0.2, 0.25) is 0 Å². The van der Waals surface area contributed by atoms with E-state index in [1.807, 2.05) is 43.0 Å². The number of carbonyl (C=O) groups is 1. The molecule has 1 aromatic carbocycles. The fourth-order valence-corrected chi connectivity index (χ4v) is 2.68. The molecular weight excluding hydrogens is 266 g/mol. The Morgan fingerprint density at radius 3 is 2.76 bits per heavy atom. The molecule has 0 aromatic heterocycles. The van der Waals surface area contributed by atoms with E-state index < -0.39 is 0 Å². The molecule has 1 atom stereocenters. The Kier molecular flexibility index (Phi) is 5.07. The Balaban J connectivity index is 2.21. The number of likely N-dealkylation sites (N-methyl/N-ethyl adjacent to an activating group) is 1. The molecule has 0 bridgehead atoms. The van der Waals surface area contributed by atoms with Crippen molar-refractivity contribution >= 4 is 17.3 Å². The van der Waals surface area contributed by atoms with Crippen LogP contribution in [-0.4, -0.2) is 50.7 Å². The number of ether oxygens (including phenoxy) is 1. The molecule has 1 amide bonds. The molecule has 1 fully saturated rings. The SMILES string of the molecule is CCN(CC1CCCO1)C(=O)c1cc(N)ccc1N(C)C. The number of rotatable bonds is 5. The van der Waals surface area contributed by atoms with Gasteiger partial charge in [0.1, 0.15) is 0 Å². The van der Waals surface area contributed by atoms with Crippen molar-refractivity contribution in [2.75, 3.05) is 44.4 Å². The molecule has 1 aliphatic heterocycles. The fraction of sp³-hybridized carbons (Fsp3) is 0.562. The van der Waals surface area contributed by atoms with Crippen LogP contribution in [0.4, 0.5) is 11.4 Å². The van der Waals surface area contributed by atoms with E-state index in [2.05, 4.69) is 0 Å². The minimum atomic E-state index is 0.0176. The minimum absolute atomic E-state index is 0.0176. The number of hydrogen-bond acceptors (Lipinski definition) is 4. The van der Waals surface area contributed by atoms with Gasteiger partial charge in [-0.05, 0) is 38.0 Å². The minimum Gasteiger partial charge on any atom is -0.399 e. The maximum absolute atomic E-state index is 12.8. The molecule has 21 heavy (non-hydrogen) atoms. The van der Waals surface area contributed by atoms with Crippen molar-refractivity contribution < 1.29 is 9.53 Å². The van der Waals surface area contributed by atoms with Crippen molar-refractivity contribution in [1.29, 1.82) is 0 Å². The van der Waals surface area contributed by atoms with E-state index in [0.29, 0.717) is 24.3 Å². The molecule has 1 aliphatic rings. The third kappa shape index (κ3) is 3.67. The summed E-state index contributed by atoms with van der Waals surface area (Å²) in [4.78, 5) is 16.6. The van der Waals surface area contributed by atoms with Crippen molar-refractivity contribution in [3.8, 4) is 0 Å². The number of nitrogens with two attached hydrogens (primary N) is 1. The molecule has 116 valence electrons. The first kappa shape index (κ1) is 15.6. The molecule has 2 N–H and O–H groups in total. The van der Waals surface area contributed by atoms with Crippen molar-refractivity contribution in [2.45, 2.75) is 25.9 Å². The second-order valence-electron chi connectivity index (χ2n) is 5.65. The van der Waals surface area contributed by atoms with Gasteiger partial charge in [-0.3, -0.25) is 4.79 Å². The average Bonchev–Trinajstić information content (AvgIpc) is 2.96. The lowest BCUT2D eigenvalue weighted by atomic mass is 10.1. The van der Waals surface area contributed by atoms with Gasteiger partial charge in [0.15, 0.2) is 0 Å². The van der Waals surface area contributed by atoms with Crippen LogP contribution in [0.25, 0.3) is 0 Å². The lowest BCUT2D eigenvalue weighted by molar-refractivity contribution is 0.0539. The Morgan fingerprint density at radius 2 is 2.19 bits per heavy atom. The zero-order valence-corrected chi connectivity index (χ0v) is 13.1. The zero-order chi connectivity index (χ0) is 15.4. The first-order valence-corrected chi connectivity index (χ1v) is 7.50. The summed E-state index contributed by atoms with van der Waals surface area (Å²) in [5.74, 6) is 0.0176. The normalized spacial score (nSPS) is 17.8. The van der Waals surface area contributed by atoms with Crippen molar-refractivity contribution in [1.82, 2.24) is 4.90 Å². The van der Waals surface area contributed by atoms with Crippen LogP contribution in [0.1, 0.15) is 30.1 Å². The number of benzene rings is 1. The van der Waals surface area contributed by atoms with E-state index >= 15 is 0 Å². The maximum Gasteiger partial charge on any atom is 0.256 e. The first-order valence-electron chi connectivity index (χ1n) is 7.50. The average molecular weight is 291 g/mol. The highest BCUT2D eigenvalue weighted by Crippen LogP contribution is 2.24. The number of anilines is 2. The van der Waals surface area contributed by atoms with Crippen LogP contribution < -0.4 is 10.6 Å². The summed E-state index contributed by atoms with van der Waals surface area (Å²) < 4.78 is 5.64. The Morgan fingerprint density at radius 1 is 1.43 bits per heavy atom. The molecule has 2 rings (SSSR count). The van der Waals surface area contributed by atoms with E-state index in [1.54, 1.807) is 6.07 Å². The summed E-state index contributed by atoms with van der Waals surface area (Å²) in [6, 6.07) is 5.47. The van der Waals surface area contributed by atoms with Crippen LogP contribution in [0, 0.1) is 0 Å². The summed E-state index contributed by atoms with van der Waals surface area (Å²) in [7, 11) is 3.86. The number of nitrogen functional groups attached to an aromatic ring is 1. The molecule has 0 saturated carbocycles. The highest BCUT2D eigenvalue weighted by atomic mass is 16.5. The smallest absolute Gasteiger partial charge is 0.256 e. The largest absolute Gasteiger partial charge is 0.399 e. The predicted octanol–water partition coefficient (Wildman–Crippen LogP) is 1.98. The second kappa shape index (κ2) is 6.80. The molecule has 5 heteroatoms. The standard InChI is InChI=1S/C16H25N3O2/c1-4-19(11-13-6-5-9-21-13)16(20)14-10-12(17)7-8-15(14)18(2)3/h7-8,10,13H,4-6,9,11,17H2,1-3H3. The van der Waals surface area contributed by atoms with Crippen LogP contribution in [0.3, 0.4) is 0 Å². The van der Waals surface area contributed by atoms with E-state index in [4.69, 9.17) is 10.5 Å². The summed E-state index contributed by atoms with van der Waals surface area (Å²) in [6.07, 6.45) is 2.27. The van der Waals surface area contributed by atoms with Gasteiger partial charge >= 0.3 is 0 Å². The molecule has 5 nitrogen and oxygen atoms in total. The van der Waals surface area contributed by atoms with Gasteiger partial charge in [0.05, 0.1) is 11.7 Å². The summed E-state index contributed by atoms with van der Waals surface area (Å²) in [5.41, 5.74) is 8.01. The van der Waals surface area contributed by atoms with Crippen molar-refractivity contribution in [3.05, 3.63) is 23.8 Å². The monoisotopic (exact) mass is 291 g/mol. The highest BCUT2D eigenvalue weighted by Gasteiger charge is 2.24. The van der Waals surface area contributed by atoms with Gasteiger partial charge in [-0.15, -0.1) is 0 Å². The maximum atomic E-state index is 12.8. The first-order chi connectivity index (χ1) is 10.0. The molecule has 1 saturated heterocycles. The van der Waals surface area contributed by atoms with Gasteiger partial charge in [0.2, 0.25) is 0 Å². The summed E-state index contributed by atoms with van der Waals surface area (Å²) in [6.45, 7) is 4.11. The van der Waals surface area contributed by atoms with Crippen LogP contribution in [-0.2, 0) is 4.74 Å². The van der Waals surface area contributed by atoms with Crippen molar-refractivity contribution in [2.24, 2.45) is 0 Å². The van der Waals surface area contributed by atoms with Gasteiger partial charge in [-0.2, -0.15) is 0 Å². The van der Waals surface area contributed by atoms with E-state index in [-0.39, 0.29) is 12.0 Å². The molecule has 1 aromatic rings. The lowest BCUT2D eigenvalue weighted by Crippen LogP contribution is -2.37. The van der Waals surface area contributed by atoms with Gasteiger partial charge in [-0.1, -0.05) is 0 Å². The van der Waals surface area contributed by atoms with E-state index in [0.717, 1.165) is 25.1 Å². The lowest BCUT2D eigenvalue weighted by Gasteiger charge is -2.26. The van der Waals surface area contributed by atoms with Crippen LogP contribution in [0.15, 0.2) is 18.2 Å². The molecule has 0 aliphatic carbocycles. The molecule has 0 radical (unpaired) electrons. The second-order valence-corrected chi connectivity index (χ2v) is 5.65. The fourth-order valence-electron chi connectivity index (χ4n) is 2.68. The third-order valence-electron chi connectivity index (χ3n) is 3.85. The molecular formula is C16H25N3O2. The Bertz CT molecular complexity index is 496. The summed E-state index contributed by atoms with van der Waals surface area (Å²) >= 11 is 0. The number of amides is 1.